The highest BCUT2D eigenvalue weighted by atomic mass is 16.7. The summed E-state index contributed by atoms with van der Waals surface area (Å²) in [5, 5.41) is 4.63. The molecule has 0 bridgehead atoms. The lowest BCUT2D eigenvalue weighted by molar-refractivity contribution is 0.0725. The van der Waals surface area contributed by atoms with Gasteiger partial charge in [0.25, 0.3) is 0 Å². The summed E-state index contributed by atoms with van der Waals surface area (Å²) in [5.74, 6) is 1.62. The largest absolute Gasteiger partial charge is 0.454 e. The Kier molecular flexibility index (Phi) is 3.41. The number of esters is 1. The second kappa shape index (κ2) is 5.91. The highest BCUT2D eigenvalue weighted by molar-refractivity contribution is 5.90. The molecule has 1 fully saturated rings. The molecule has 0 N–H and O–H groups in total. The third-order valence-electron chi connectivity index (χ3n) is 4.49. The van der Waals surface area contributed by atoms with Crippen molar-refractivity contribution in [1.29, 1.82) is 0 Å². The van der Waals surface area contributed by atoms with Crippen LogP contribution in [0, 0.1) is 0 Å². The highest BCUT2D eigenvalue weighted by Gasteiger charge is 2.29. The molecule has 6 heteroatoms. The Hall–Kier alpha value is -3.28. The second-order valence-corrected chi connectivity index (χ2v) is 6.38. The Morgan fingerprint density at radius 1 is 1.04 bits per heavy atom. The number of aromatic nitrogens is 2. The number of para-hydroxylation sites is 1. The van der Waals surface area contributed by atoms with Crippen molar-refractivity contribution in [3.63, 3.8) is 0 Å². The van der Waals surface area contributed by atoms with Crippen molar-refractivity contribution in [1.82, 2.24) is 9.78 Å². The molecule has 0 spiro atoms. The Bertz CT molecular complexity index is 977. The summed E-state index contributed by atoms with van der Waals surface area (Å²) in [6, 6.07) is 16.5. The summed E-state index contributed by atoms with van der Waals surface area (Å²) in [7, 11) is 0. The predicted octanol–water partition coefficient (Wildman–Crippen LogP) is 3.70. The van der Waals surface area contributed by atoms with Gasteiger partial charge in [-0.05, 0) is 43.2 Å². The predicted molar refractivity (Wildman–Crippen MR) is 93.1 cm³/mol. The van der Waals surface area contributed by atoms with E-state index in [1.54, 1.807) is 22.9 Å². The van der Waals surface area contributed by atoms with Crippen molar-refractivity contribution in [2.45, 2.75) is 18.8 Å². The van der Waals surface area contributed by atoms with E-state index in [0.717, 1.165) is 24.2 Å². The highest BCUT2D eigenvalue weighted by Crippen LogP contribution is 2.40. The van der Waals surface area contributed by atoms with Crippen LogP contribution in [0.25, 0.3) is 5.69 Å². The zero-order chi connectivity index (χ0) is 17.5. The van der Waals surface area contributed by atoms with Gasteiger partial charge in [0.05, 0.1) is 11.4 Å². The molecule has 0 amide bonds. The fourth-order valence-electron chi connectivity index (χ4n) is 2.99. The summed E-state index contributed by atoms with van der Waals surface area (Å²) in [5.41, 5.74) is 2.18. The SMILES string of the molecule is O=C(Oc1ccc2c(c1)OCO2)c1cc(C2CC2)nn1-c1ccccc1. The Morgan fingerprint density at radius 3 is 2.65 bits per heavy atom. The number of ether oxygens (including phenoxy) is 3. The number of carbonyl (C=O) groups excluding carboxylic acids is 1. The van der Waals surface area contributed by atoms with E-state index in [-0.39, 0.29) is 6.79 Å². The van der Waals surface area contributed by atoms with E-state index in [1.807, 2.05) is 36.4 Å². The van der Waals surface area contributed by atoms with Crippen LogP contribution < -0.4 is 14.2 Å². The third-order valence-corrected chi connectivity index (χ3v) is 4.49. The van der Waals surface area contributed by atoms with Gasteiger partial charge in [-0.15, -0.1) is 0 Å². The molecule has 1 aromatic heterocycles. The smallest absolute Gasteiger partial charge is 0.362 e. The van der Waals surface area contributed by atoms with Crippen LogP contribution in [-0.4, -0.2) is 22.5 Å². The van der Waals surface area contributed by atoms with Gasteiger partial charge in [-0.3, -0.25) is 0 Å². The van der Waals surface area contributed by atoms with Crippen LogP contribution in [0.3, 0.4) is 0 Å². The molecular weight excluding hydrogens is 332 g/mol. The van der Waals surface area contributed by atoms with Crippen LogP contribution in [0.5, 0.6) is 17.2 Å². The summed E-state index contributed by atoms with van der Waals surface area (Å²) in [4.78, 5) is 12.8. The number of hydrogen-bond donors (Lipinski definition) is 0. The molecule has 1 saturated carbocycles. The molecule has 130 valence electrons. The number of rotatable bonds is 4. The van der Waals surface area contributed by atoms with Gasteiger partial charge in [-0.25, -0.2) is 9.48 Å². The summed E-state index contributed by atoms with van der Waals surface area (Å²) < 4.78 is 17.8. The first-order chi connectivity index (χ1) is 12.8. The second-order valence-electron chi connectivity index (χ2n) is 6.38. The topological polar surface area (TPSA) is 62.6 Å². The molecule has 0 radical (unpaired) electrons. The number of hydrogen-bond acceptors (Lipinski definition) is 5. The van der Waals surface area contributed by atoms with Gasteiger partial charge in [-0.2, -0.15) is 5.10 Å². The molecule has 1 aliphatic carbocycles. The van der Waals surface area contributed by atoms with Gasteiger partial charge < -0.3 is 14.2 Å². The molecule has 0 atom stereocenters. The molecule has 0 saturated heterocycles. The zero-order valence-corrected chi connectivity index (χ0v) is 13.9. The van der Waals surface area contributed by atoms with Crippen molar-refractivity contribution in [2.75, 3.05) is 6.79 Å². The van der Waals surface area contributed by atoms with Crippen LogP contribution in [0.15, 0.2) is 54.6 Å². The molecular formula is C20H16N2O4. The van der Waals surface area contributed by atoms with E-state index in [2.05, 4.69) is 5.10 Å². The quantitative estimate of drug-likeness (QED) is 0.531. The van der Waals surface area contributed by atoms with Gasteiger partial charge in [0, 0.05) is 12.0 Å². The minimum Gasteiger partial charge on any atom is -0.454 e. The van der Waals surface area contributed by atoms with Crippen molar-refractivity contribution >= 4 is 5.97 Å². The van der Waals surface area contributed by atoms with Gasteiger partial charge in [0.1, 0.15) is 5.75 Å². The van der Waals surface area contributed by atoms with Crippen LogP contribution in [0.1, 0.15) is 34.9 Å². The normalized spacial score (nSPS) is 15.1. The molecule has 0 unspecified atom stereocenters. The third kappa shape index (κ3) is 2.69. The molecule has 2 heterocycles. The summed E-state index contributed by atoms with van der Waals surface area (Å²) >= 11 is 0. The summed E-state index contributed by atoms with van der Waals surface area (Å²) in [6.07, 6.45) is 2.23. The van der Waals surface area contributed by atoms with Crippen molar-refractivity contribution < 1.29 is 19.0 Å². The number of benzene rings is 2. The number of nitrogens with zero attached hydrogens (tertiary/aromatic N) is 2. The first kappa shape index (κ1) is 15.0. The maximum atomic E-state index is 12.8. The maximum Gasteiger partial charge on any atom is 0.362 e. The van der Waals surface area contributed by atoms with E-state index in [1.165, 1.54) is 0 Å². The van der Waals surface area contributed by atoms with Crippen molar-refractivity contribution in [3.8, 4) is 22.9 Å². The molecule has 1 aliphatic heterocycles. The van der Waals surface area contributed by atoms with Gasteiger partial charge in [0.15, 0.2) is 17.2 Å². The van der Waals surface area contributed by atoms with Gasteiger partial charge >= 0.3 is 5.97 Å². The summed E-state index contributed by atoms with van der Waals surface area (Å²) in [6.45, 7) is 0.179. The van der Waals surface area contributed by atoms with Gasteiger partial charge in [-0.1, -0.05) is 18.2 Å². The van der Waals surface area contributed by atoms with Crippen molar-refractivity contribution in [3.05, 3.63) is 66.0 Å². The lowest BCUT2D eigenvalue weighted by Crippen LogP contribution is -2.14. The van der Waals surface area contributed by atoms with E-state index >= 15 is 0 Å². The Morgan fingerprint density at radius 2 is 1.85 bits per heavy atom. The zero-order valence-electron chi connectivity index (χ0n) is 13.9. The molecule has 5 rings (SSSR count). The molecule has 6 nitrogen and oxygen atoms in total. The van der Waals surface area contributed by atoms with E-state index in [4.69, 9.17) is 14.2 Å². The lowest BCUT2D eigenvalue weighted by Gasteiger charge is -2.08. The van der Waals surface area contributed by atoms with Crippen LogP contribution in [0.2, 0.25) is 0 Å². The fourth-order valence-corrected chi connectivity index (χ4v) is 2.99. The van der Waals surface area contributed by atoms with Crippen LogP contribution >= 0.6 is 0 Å². The molecule has 2 aliphatic rings. The first-order valence-electron chi connectivity index (χ1n) is 8.55. The van der Waals surface area contributed by atoms with E-state index < -0.39 is 5.97 Å². The molecule has 2 aromatic carbocycles. The lowest BCUT2D eigenvalue weighted by atomic mass is 10.2. The number of carbonyl (C=O) groups is 1. The monoisotopic (exact) mass is 348 g/mol. The maximum absolute atomic E-state index is 12.8. The Labute approximate surface area is 149 Å². The van der Waals surface area contributed by atoms with Gasteiger partial charge in [0.2, 0.25) is 6.79 Å². The first-order valence-corrected chi connectivity index (χ1v) is 8.55. The minimum atomic E-state index is -0.452. The van der Waals surface area contributed by atoms with Crippen LogP contribution in [0.4, 0.5) is 0 Å². The molecule has 3 aromatic rings. The Balaban J connectivity index is 1.47. The minimum absolute atomic E-state index is 0.179. The van der Waals surface area contributed by atoms with E-state index in [0.29, 0.717) is 28.9 Å². The molecule has 26 heavy (non-hydrogen) atoms. The van der Waals surface area contributed by atoms with E-state index in [9.17, 15) is 4.79 Å². The fraction of sp³-hybridized carbons (Fsp3) is 0.200. The number of fused-ring (bicyclic) bond motifs is 1. The van der Waals surface area contributed by atoms with Crippen LogP contribution in [-0.2, 0) is 0 Å². The average Bonchev–Trinajstić information content (AvgIpc) is 3.25. The standard InChI is InChI=1S/C20H16N2O4/c23-20(26-15-8-9-18-19(10-15)25-12-24-18)17-11-16(13-6-7-13)21-22(17)14-4-2-1-3-5-14/h1-5,8-11,13H,6-7,12H2. The average molecular weight is 348 g/mol. The van der Waals surface area contributed by atoms with Crippen molar-refractivity contribution in [2.24, 2.45) is 0 Å².